The minimum atomic E-state index is -0.627. The summed E-state index contributed by atoms with van der Waals surface area (Å²) in [6, 6.07) is 10.1. The Bertz CT molecular complexity index is 783. The molecule has 1 aliphatic rings. The summed E-state index contributed by atoms with van der Waals surface area (Å²) in [6.45, 7) is 9.28. The first-order valence-corrected chi connectivity index (χ1v) is 9.20. The van der Waals surface area contributed by atoms with Gasteiger partial charge in [0.1, 0.15) is 5.82 Å². The van der Waals surface area contributed by atoms with Crippen molar-refractivity contribution in [2.45, 2.75) is 13.8 Å². The number of rotatable bonds is 4. The van der Waals surface area contributed by atoms with Gasteiger partial charge in [-0.05, 0) is 49.4 Å². The molecule has 2 aromatic rings. The van der Waals surface area contributed by atoms with Crippen LogP contribution in [0.5, 0.6) is 0 Å². The molecule has 1 aliphatic heterocycles. The Morgan fingerprint density at radius 1 is 1.19 bits per heavy atom. The molecule has 1 N–H and O–H groups in total. The van der Waals surface area contributed by atoms with Gasteiger partial charge in [-0.1, -0.05) is 24.6 Å². The molecule has 26 heavy (non-hydrogen) atoms. The molecule has 0 bridgehead atoms. The smallest absolute Gasteiger partial charge is 0.260 e. The molecule has 0 aromatic heterocycles. The molecule has 0 spiro atoms. The summed E-state index contributed by atoms with van der Waals surface area (Å²) in [7, 11) is 0. The number of carbonyl (C=O) groups is 1. The first kappa shape index (κ1) is 18.7. The molecule has 0 aliphatic carbocycles. The van der Waals surface area contributed by atoms with Crippen molar-refractivity contribution in [1.29, 1.82) is 0 Å². The van der Waals surface area contributed by atoms with Crippen LogP contribution in [0.3, 0.4) is 0 Å². The number of hydrogen-bond donors (Lipinski definition) is 1. The zero-order valence-corrected chi connectivity index (χ0v) is 15.8. The third-order valence-corrected chi connectivity index (χ3v) is 5.15. The number of anilines is 2. The van der Waals surface area contributed by atoms with Crippen LogP contribution in [0.4, 0.5) is 15.8 Å². The van der Waals surface area contributed by atoms with E-state index in [2.05, 4.69) is 28.1 Å². The summed E-state index contributed by atoms with van der Waals surface area (Å²) in [4.78, 5) is 17.2. The van der Waals surface area contributed by atoms with E-state index in [1.54, 1.807) is 0 Å². The highest BCUT2D eigenvalue weighted by molar-refractivity contribution is 6.34. The number of carbonyl (C=O) groups excluding carboxylic acids is 1. The van der Waals surface area contributed by atoms with Crippen LogP contribution in [0, 0.1) is 12.7 Å². The predicted octanol–water partition coefficient (Wildman–Crippen LogP) is 4.18. The van der Waals surface area contributed by atoms with Crippen molar-refractivity contribution in [3.8, 4) is 0 Å². The van der Waals surface area contributed by atoms with Gasteiger partial charge in [0, 0.05) is 37.6 Å². The van der Waals surface area contributed by atoms with E-state index in [-0.39, 0.29) is 10.6 Å². The Morgan fingerprint density at radius 2 is 1.92 bits per heavy atom. The number of benzene rings is 2. The van der Waals surface area contributed by atoms with Gasteiger partial charge < -0.3 is 15.1 Å². The Morgan fingerprint density at radius 3 is 2.54 bits per heavy atom. The maximum atomic E-state index is 13.9. The molecule has 4 nitrogen and oxygen atoms in total. The lowest BCUT2D eigenvalue weighted by atomic mass is 10.1. The summed E-state index contributed by atoms with van der Waals surface area (Å²) in [5.41, 5.74) is 2.60. The third kappa shape index (κ3) is 4.00. The third-order valence-electron chi connectivity index (χ3n) is 4.83. The normalized spacial score (nSPS) is 15.2. The van der Waals surface area contributed by atoms with Crippen molar-refractivity contribution in [2.75, 3.05) is 42.9 Å². The molecular formula is C20H23ClFN3O. The van der Waals surface area contributed by atoms with Crippen LogP contribution in [-0.2, 0) is 0 Å². The van der Waals surface area contributed by atoms with E-state index in [0.717, 1.165) is 44.0 Å². The van der Waals surface area contributed by atoms with Gasteiger partial charge >= 0.3 is 0 Å². The van der Waals surface area contributed by atoms with E-state index in [0.29, 0.717) is 5.69 Å². The van der Waals surface area contributed by atoms with E-state index >= 15 is 0 Å². The molecule has 3 rings (SSSR count). The van der Waals surface area contributed by atoms with Crippen LogP contribution < -0.4 is 10.2 Å². The zero-order valence-electron chi connectivity index (χ0n) is 15.1. The minimum Gasteiger partial charge on any atom is -0.369 e. The van der Waals surface area contributed by atoms with Crippen molar-refractivity contribution in [3.63, 3.8) is 0 Å². The monoisotopic (exact) mass is 375 g/mol. The van der Waals surface area contributed by atoms with Crippen LogP contribution in [0.1, 0.15) is 22.8 Å². The average Bonchev–Trinajstić information content (AvgIpc) is 2.63. The van der Waals surface area contributed by atoms with Gasteiger partial charge in [-0.2, -0.15) is 0 Å². The van der Waals surface area contributed by atoms with Gasteiger partial charge in [-0.25, -0.2) is 4.39 Å². The van der Waals surface area contributed by atoms with Crippen LogP contribution in [0.25, 0.3) is 0 Å². The fraction of sp³-hybridized carbons (Fsp3) is 0.350. The standard InChI is InChI=1S/C20H23ClFN3O/c1-3-24-9-11-25(12-10-24)15-7-8-18(14(2)13-15)23-20(26)19-16(21)5-4-6-17(19)22/h4-8,13H,3,9-12H2,1-2H3,(H,23,26). The second-order valence-corrected chi connectivity index (χ2v) is 6.88. The number of piperazine rings is 1. The molecule has 0 unspecified atom stereocenters. The Labute approximate surface area is 158 Å². The second-order valence-electron chi connectivity index (χ2n) is 6.47. The molecule has 1 fully saturated rings. The van der Waals surface area contributed by atoms with Crippen molar-refractivity contribution in [3.05, 3.63) is 58.4 Å². The molecular weight excluding hydrogens is 353 g/mol. The first-order chi connectivity index (χ1) is 12.5. The van der Waals surface area contributed by atoms with Crippen LogP contribution in [0.2, 0.25) is 5.02 Å². The fourth-order valence-electron chi connectivity index (χ4n) is 3.21. The van der Waals surface area contributed by atoms with E-state index in [4.69, 9.17) is 11.6 Å². The highest BCUT2D eigenvalue weighted by Crippen LogP contribution is 2.26. The second kappa shape index (κ2) is 8.06. The van der Waals surface area contributed by atoms with Gasteiger partial charge in [-0.15, -0.1) is 0 Å². The summed E-state index contributed by atoms with van der Waals surface area (Å²) in [5.74, 6) is -1.17. The molecule has 1 heterocycles. The van der Waals surface area contributed by atoms with E-state index in [1.165, 1.54) is 18.2 Å². The largest absolute Gasteiger partial charge is 0.369 e. The number of halogens is 2. The minimum absolute atomic E-state index is 0.102. The number of nitrogens with zero attached hydrogens (tertiary/aromatic N) is 2. The summed E-state index contributed by atoms with van der Waals surface area (Å²) >= 11 is 5.97. The van der Waals surface area contributed by atoms with Crippen LogP contribution >= 0.6 is 11.6 Å². The number of likely N-dealkylation sites (N-methyl/N-ethyl adjacent to an activating group) is 1. The summed E-state index contributed by atoms with van der Waals surface area (Å²) in [6.07, 6.45) is 0. The molecule has 0 saturated carbocycles. The molecule has 0 atom stereocenters. The molecule has 1 amide bonds. The lowest BCUT2D eigenvalue weighted by molar-refractivity contribution is 0.102. The van der Waals surface area contributed by atoms with E-state index < -0.39 is 11.7 Å². The topological polar surface area (TPSA) is 35.6 Å². The molecule has 2 aromatic carbocycles. The number of amides is 1. The van der Waals surface area contributed by atoms with Crippen molar-refractivity contribution in [2.24, 2.45) is 0 Å². The first-order valence-electron chi connectivity index (χ1n) is 8.83. The number of hydrogen-bond acceptors (Lipinski definition) is 3. The average molecular weight is 376 g/mol. The quantitative estimate of drug-likeness (QED) is 0.870. The maximum Gasteiger partial charge on any atom is 0.260 e. The van der Waals surface area contributed by atoms with Gasteiger partial charge in [0.2, 0.25) is 0 Å². The zero-order chi connectivity index (χ0) is 18.7. The van der Waals surface area contributed by atoms with Crippen LogP contribution in [0.15, 0.2) is 36.4 Å². The lowest BCUT2D eigenvalue weighted by Crippen LogP contribution is -2.46. The van der Waals surface area contributed by atoms with Crippen molar-refractivity contribution >= 4 is 28.9 Å². The van der Waals surface area contributed by atoms with E-state index in [1.807, 2.05) is 19.1 Å². The van der Waals surface area contributed by atoms with Gasteiger partial charge in [0.15, 0.2) is 0 Å². The molecule has 0 radical (unpaired) electrons. The fourth-order valence-corrected chi connectivity index (χ4v) is 3.46. The molecule has 1 saturated heterocycles. The van der Waals surface area contributed by atoms with Crippen LogP contribution in [-0.4, -0.2) is 43.5 Å². The van der Waals surface area contributed by atoms with Gasteiger partial charge in [-0.3, -0.25) is 4.79 Å². The molecule has 6 heteroatoms. The summed E-state index contributed by atoms with van der Waals surface area (Å²) in [5, 5.41) is 2.87. The number of nitrogens with one attached hydrogen (secondary N) is 1. The molecule has 138 valence electrons. The van der Waals surface area contributed by atoms with E-state index in [9.17, 15) is 9.18 Å². The highest BCUT2D eigenvalue weighted by atomic mass is 35.5. The highest BCUT2D eigenvalue weighted by Gasteiger charge is 2.18. The Balaban J connectivity index is 1.73. The van der Waals surface area contributed by atoms with Crippen molar-refractivity contribution < 1.29 is 9.18 Å². The lowest BCUT2D eigenvalue weighted by Gasteiger charge is -2.35. The van der Waals surface area contributed by atoms with Crippen molar-refractivity contribution in [1.82, 2.24) is 4.90 Å². The predicted molar refractivity (Wildman–Crippen MR) is 105 cm³/mol. The maximum absolute atomic E-state index is 13.9. The van der Waals surface area contributed by atoms with Gasteiger partial charge in [0.05, 0.1) is 10.6 Å². The Hall–Kier alpha value is -2.11. The summed E-state index contributed by atoms with van der Waals surface area (Å²) < 4.78 is 13.9. The van der Waals surface area contributed by atoms with Gasteiger partial charge in [0.25, 0.3) is 5.91 Å². The SMILES string of the molecule is CCN1CCN(c2ccc(NC(=O)c3c(F)cccc3Cl)c(C)c2)CC1. The number of aryl methyl sites for hydroxylation is 1. The Kier molecular flexibility index (Phi) is 5.79.